The van der Waals surface area contributed by atoms with Gasteiger partial charge in [-0.05, 0) is 63.7 Å². The van der Waals surface area contributed by atoms with E-state index in [1.165, 1.54) is 32.5 Å². The van der Waals surface area contributed by atoms with Gasteiger partial charge in [0.05, 0.1) is 5.69 Å². The molecule has 1 aromatic heterocycles. The molecule has 0 aliphatic heterocycles. The van der Waals surface area contributed by atoms with Crippen LogP contribution < -0.4 is 0 Å². The zero-order valence-corrected chi connectivity index (χ0v) is 17.3. The molecule has 0 saturated heterocycles. The van der Waals surface area contributed by atoms with Crippen LogP contribution in [0.4, 0.5) is 0 Å². The fraction of sp³-hybridized carbons (Fsp3) is 0.185. The first-order valence-corrected chi connectivity index (χ1v) is 10.1. The van der Waals surface area contributed by atoms with Crippen molar-refractivity contribution < 1.29 is 0 Å². The predicted molar refractivity (Wildman–Crippen MR) is 123 cm³/mol. The summed E-state index contributed by atoms with van der Waals surface area (Å²) in [5, 5.41) is 16.5. The quantitative estimate of drug-likeness (QED) is 0.289. The van der Waals surface area contributed by atoms with Crippen LogP contribution >= 0.6 is 0 Å². The van der Waals surface area contributed by atoms with E-state index in [9.17, 15) is 0 Å². The van der Waals surface area contributed by atoms with Crippen LogP contribution in [0.3, 0.4) is 0 Å². The molecule has 142 valence electrons. The average molecular weight is 377 g/mol. The molecule has 0 amide bonds. The van der Waals surface area contributed by atoms with Crippen molar-refractivity contribution in [2.24, 2.45) is 0 Å². The van der Waals surface area contributed by atoms with Crippen molar-refractivity contribution in [3.05, 3.63) is 84.1 Å². The number of nitrogens with zero attached hydrogens (tertiary/aromatic N) is 2. The van der Waals surface area contributed by atoms with E-state index in [1.807, 2.05) is 6.92 Å². The van der Waals surface area contributed by atoms with Crippen LogP contribution in [-0.2, 0) is 5.41 Å². The van der Waals surface area contributed by atoms with Gasteiger partial charge in [0.15, 0.2) is 0 Å². The molecule has 0 saturated carbocycles. The lowest BCUT2D eigenvalue weighted by molar-refractivity contribution is 0.596. The third-order valence-corrected chi connectivity index (χ3v) is 5.77. The Morgan fingerprint density at radius 1 is 0.621 bits per heavy atom. The van der Waals surface area contributed by atoms with Crippen LogP contribution in [0.2, 0.25) is 0 Å². The van der Waals surface area contributed by atoms with Crippen molar-refractivity contribution in [2.75, 3.05) is 0 Å². The number of hydrogen-bond acceptors (Lipinski definition) is 2. The molecule has 29 heavy (non-hydrogen) atoms. The minimum Gasteiger partial charge on any atom is -0.155 e. The minimum atomic E-state index is 0.0379. The van der Waals surface area contributed by atoms with Crippen LogP contribution in [0, 0.1) is 6.92 Å². The van der Waals surface area contributed by atoms with Gasteiger partial charge in [-0.25, -0.2) is 0 Å². The summed E-state index contributed by atoms with van der Waals surface area (Å²) in [7, 11) is 0. The molecule has 0 bridgehead atoms. The van der Waals surface area contributed by atoms with Crippen LogP contribution in [0.1, 0.15) is 32.0 Å². The molecule has 1 heterocycles. The number of hydrogen-bond donors (Lipinski definition) is 0. The second-order valence-electron chi connectivity index (χ2n) is 8.87. The summed E-state index contributed by atoms with van der Waals surface area (Å²) in [5.41, 5.74) is 4.42. The van der Waals surface area contributed by atoms with Crippen LogP contribution in [0.5, 0.6) is 0 Å². The highest BCUT2D eigenvalue weighted by Crippen LogP contribution is 2.37. The molecular formula is C27H24N2. The fourth-order valence-electron chi connectivity index (χ4n) is 4.25. The first kappa shape index (κ1) is 17.8. The van der Waals surface area contributed by atoms with Crippen molar-refractivity contribution >= 4 is 32.3 Å². The first-order valence-electron chi connectivity index (χ1n) is 10.1. The van der Waals surface area contributed by atoms with Gasteiger partial charge in [0.25, 0.3) is 0 Å². The standard InChI is InChI=1S/C27H24N2/c1-17-23-14-18-9-5-6-10-19(18)15-24(23)26(29-28-17)21-13-20-11-7-8-12-22(20)25(16-21)27(2,3)4/h5-16H,1-4H3. The number of aryl methyl sites for hydroxylation is 1. The lowest BCUT2D eigenvalue weighted by atomic mass is 9.82. The molecule has 0 spiro atoms. The van der Waals surface area contributed by atoms with Gasteiger partial charge >= 0.3 is 0 Å². The van der Waals surface area contributed by atoms with Crippen molar-refractivity contribution in [3.63, 3.8) is 0 Å². The summed E-state index contributed by atoms with van der Waals surface area (Å²) in [6.07, 6.45) is 0. The molecule has 0 aliphatic carbocycles. The Labute approximate surface area is 171 Å². The molecule has 0 unspecified atom stereocenters. The Hall–Kier alpha value is -3.26. The number of aromatic nitrogens is 2. The molecule has 0 aliphatic rings. The zero-order valence-electron chi connectivity index (χ0n) is 17.3. The highest BCUT2D eigenvalue weighted by atomic mass is 15.1. The zero-order chi connectivity index (χ0) is 20.2. The fourth-order valence-corrected chi connectivity index (χ4v) is 4.25. The lowest BCUT2D eigenvalue weighted by Crippen LogP contribution is -2.12. The Kier molecular flexibility index (Phi) is 3.92. The molecule has 2 heteroatoms. The van der Waals surface area contributed by atoms with Crippen molar-refractivity contribution in [1.29, 1.82) is 0 Å². The third kappa shape index (κ3) is 2.96. The van der Waals surface area contributed by atoms with Gasteiger partial charge in [-0.1, -0.05) is 69.3 Å². The molecule has 5 aromatic rings. The van der Waals surface area contributed by atoms with Gasteiger partial charge in [-0.3, -0.25) is 0 Å². The van der Waals surface area contributed by atoms with Crippen LogP contribution in [0.15, 0.2) is 72.8 Å². The van der Waals surface area contributed by atoms with Crippen LogP contribution in [-0.4, -0.2) is 10.2 Å². The van der Waals surface area contributed by atoms with E-state index in [4.69, 9.17) is 0 Å². The Morgan fingerprint density at radius 3 is 1.93 bits per heavy atom. The summed E-state index contributed by atoms with van der Waals surface area (Å²) in [4.78, 5) is 0. The van der Waals surface area contributed by atoms with Gasteiger partial charge < -0.3 is 0 Å². The van der Waals surface area contributed by atoms with Crippen molar-refractivity contribution in [3.8, 4) is 11.3 Å². The van der Waals surface area contributed by atoms with E-state index in [1.54, 1.807) is 0 Å². The number of rotatable bonds is 1. The third-order valence-electron chi connectivity index (χ3n) is 5.77. The van der Waals surface area contributed by atoms with Gasteiger partial charge in [-0.2, -0.15) is 5.10 Å². The SMILES string of the molecule is Cc1nnc(-c2cc(C(C)(C)C)c3ccccc3c2)c2cc3ccccc3cc12. The van der Waals surface area contributed by atoms with Crippen molar-refractivity contribution in [1.82, 2.24) is 10.2 Å². The summed E-state index contributed by atoms with van der Waals surface area (Å²) in [5.74, 6) is 0. The Bertz CT molecular complexity index is 1390. The monoisotopic (exact) mass is 376 g/mol. The topological polar surface area (TPSA) is 25.8 Å². The molecular weight excluding hydrogens is 352 g/mol. The molecule has 4 aromatic carbocycles. The summed E-state index contributed by atoms with van der Waals surface area (Å²) < 4.78 is 0. The molecule has 0 fully saturated rings. The maximum absolute atomic E-state index is 4.66. The van der Waals surface area contributed by atoms with Crippen molar-refractivity contribution in [2.45, 2.75) is 33.1 Å². The number of benzene rings is 4. The molecule has 0 radical (unpaired) electrons. The second-order valence-corrected chi connectivity index (χ2v) is 8.87. The maximum atomic E-state index is 4.66. The summed E-state index contributed by atoms with van der Waals surface area (Å²) in [6, 6.07) is 26.2. The Morgan fingerprint density at radius 2 is 1.24 bits per heavy atom. The van der Waals surface area contributed by atoms with Crippen LogP contribution in [0.25, 0.3) is 43.6 Å². The van der Waals surface area contributed by atoms with E-state index in [0.29, 0.717) is 0 Å². The molecule has 0 N–H and O–H groups in total. The highest BCUT2D eigenvalue weighted by Gasteiger charge is 2.20. The Balaban J connectivity index is 1.87. The average Bonchev–Trinajstić information content (AvgIpc) is 2.71. The van der Waals surface area contributed by atoms with Gasteiger partial charge in [0.1, 0.15) is 5.69 Å². The van der Waals surface area contributed by atoms with E-state index in [-0.39, 0.29) is 5.41 Å². The molecule has 5 rings (SSSR count). The maximum Gasteiger partial charge on any atom is 0.101 e. The summed E-state index contributed by atoms with van der Waals surface area (Å²) >= 11 is 0. The highest BCUT2D eigenvalue weighted by molar-refractivity contribution is 6.05. The number of fused-ring (bicyclic) bond motifs is 3. The first-order chi connectivity index (χ1) is 13.9. The largest absolute Gasteiger partial charge is 0.155 e. The second kappa shape index (κ2) is 6.38. The van der Waals surface area contributed by atoms with Gasteiger partial charge in [0.2, 0.25) is 0 Å². The smallest absolute Gasteiger partial charge is 0.101 e. The van der Waals surface area contributed by atoms with Gasteiger partial charge in [0, 0.05) is 16.3 Å². The van der Waals surface area contributed by atoms with E-state index in [0.717, 1.165) is 22.3 Å². The lowest BCUT2D eigenvalue weighted by Gasteiger charge is -2.23. The van der Waals surface area contributed by atoms with E-state index in [2.05, 4.69) is 104 Å². The summed E-state index contributed by atoms with van der Waals surface area (Å²) in [6.45, 7) is 8.84. The van der Waals surface area contributed by atoms with Gasteiger partial charge in [-0.15, -0.1) is 5.10 Å². The predicted octanol–water partition coefficient (Wildman–Crippen LogP) is 7.21. The normalized spacial score (nSPS) is 12.1. The van der Waals surface area contributed by atoms with E-state index < -0.39 is 0 Å². The van der Waals surface area contributed by atoms with E-state index >= 15 is 0 Å². The minimum absolute atomic E-state index is 0.0379. The molecule has 2 nitrogen and oxygen atoms in total. The molecule has 0 atom stereocenters.